The van der Waals surface area contributed by atoms with Crippen LogP contribution >= 0.6 is 20.3 Å². The van der Waals surface area contributed by atoms with E-state index in [2.05, 4.69) is 34.5 Å². The summed E-state index contributed by atoms with van der Waals surface area (Å²) in [7, 11) is 0.595. The van der Waals surface area contributed by atoms with Crippen molar-refractivity contribution < 1.29 is 33.7 Å². The molecule has 0 aromatic rings. The fraction of sp³-hybridized carbons (Fsp3) is 0. The molecule has 0 aliphatic carbocycles. The standard InChI is InChI=1S/Ca.Fe.ISe.Zn.2H/c;;1-2;;;/q;+1;-1;;;. The Kier molecular flexibility index (Phi) is 49.6. The van der Waals surface area contributed by atoms with E-state index in [1.54, 1.807) is 0 Å². The van der Waals surface area contributed by atoms with E-state index in [-0.39, 0.29) is 57.2 Å². The van der Waals surface area contributed by atoms with Crippen molar-refractivity contribution >= 4 is 68.0 Å². The van der Waals surface area contributed by atoms with Gasteiger partial charge in [0.05, 0.1) is 0 Å². The zero-order valence-corrected chi connectivity index (χ0v) is 9.79. The van der Waals surface area contributed by atoms with Crippen LogP contribution in [-0.2, 0) is 33.7 Å². The molecular formula is H2CaFeISeZn. The molecule has 0 N–H and O–H groups in total. The average molecular weight is 369 g/mol. The molecule has 0 radical (unpaired) electrons. The maximum atomic E-state index is 3.54. The van der Waals surface area contributed by atoms with Crippen LogP contribution in [0.2, 0.25) is 0 Å². The Hall–Kier alpha value is 3.65. The van der Waals surface area contributed by atoms with Crippen LogP contribution in [0.25, 0.3) is 0 Å². The van der Waals surface area contributed by atoms with Gasteiger partial charge in [0.1, 0.15) is 0 Å². The molecule has 0 spiro atoms. The van der Waals surface area contributed by atoms with Crippen molar-refractivity contribution in [1.82, 2.24) is 0 Å². The Balaban J connectivity index is -0.0000000200. The third-order valence-electron chi connectivity index (χ3n) is 0. The fourth-order valence-corrected chi connectivity index (χ4v) is 0. The van der Waals surface area contributed by atoms with Crippen LogP contribution in [-0.4, -0.2) is 47.6 Å². The van der Waals surface area contributed by atoms with Gasteiger partial charge in [-0.3, -0.25) is 0 Å². The molecule has 5 heteroatoms. The molecule has 0 aliphatic heterocycles. The Morgan fingerprint density at radius 1 is 1.60 bits per heavy atom. The van der Waals surface area contributed by atoms with Crippen LogP contribution in [0.3, 0.4) is 0 Å². The summed E-state index contributed by atoms with van der Waals surface area (Å²) in [5.74, 6) is 0. The smallest absolute Gasteiger partial charge is 0 e. The minimum Gasteiger partial charge on any atom is 0 e. The van der Waals surface area contributed by atoms with Gasteiger partial charge in [-0.25, -0.2) is 0 Å². The first-order valence-electron chi connectivity index (χ1n) is 0.299. The molecule has 0 bridgehead atoms. The number of hydrogen-bond donors (Lipinski definition) is 0. The van der Waals surface area contributed by atoms with Gasteiger partial charge < -0.3 is 0 Å². The van der Waals surface area contributed by atoms with Crippen LogP contribution in [0.1, 0.15) is 0 Å². The van der Waals surface area contributed by atoms with Gasteiger partial charge >= 0.3 is 82.2 Å². The van der Waals surface area contributed by atoms with Crippen molar-refractivity contribution in [2.75, 3.05) is 0 Å². The quantitative estimate of drug-likeness (QED) is 0.402. The third-order valence-corrected chi connectivity index (χ3v) is 0. The summed E-state index contributed by atoms with van der Waals surface area (Å²) in [6, 6.07) is 0. The van der Waals surface area contributed by atoms with Gasteiger partial charge in [0, 0.05) is 19.5 Å². The van der Waals surface area contributed by atoms with Crippen molar-refractivity contribution in [3.8, 4) is 0 Å². The molecule has 0 unspecified atom stereocenters. The average Bonchev–Trinajstić information content (AvgIpc) is 0.918. The van der Waals surface area contributed by atoms with Crippen molar-refractivity contribution in [2.24, 2.45) is 0 Å². The molecule has 0 heterocycles. The minimum absolute atomic E-state index is 0. The number of halogens is 1. The van der Waals surface area contributed by atoms with E-state index in [1.807, 2.05) is 0 Å². The summed E-state index contributed by atoms with van der Waals surface area (Å²) in [5, 5.41) is 0. The molecule has 27 valence electrons. The molecule has 0 aromatic carbocycles. The minimum atomic E-state index is 0. The van der Waals surface area contributed by atoms with E-state index < -0.39 is 0 Å². The summed E-state index contributed by atoms with van der Waals surface area (Å²) in [4.78, 5) is 0. The predicted octanol–water partition coefficient (Wildman–Crippen LogP) is -0.416. The topological polar surface area (TPSA) is 0 Å². The molecule has 0 nitrogen and oxygen atoms in total. The fourth-order valence-electron chi connectivity index (χ4n) is 0. The number of hydrogen-bond acceptors (Lipinski definition) is 0. The number of rotatable bonds is 0. The predicted molar refractivity (Wildman–Crippen MR) is 28.3 cm³/mol. The van der Waals surface area contributed by atoms with E-state index in [9.17, 15) is 0 Å². The SMILES string of the molecule is [CaH2].[Fe][Se]I.[Zn]. The van der Waals surface area contributed by atoms with Gasteiger partial charge in [0.2, 0.25) is 0 Å². The van der Waals surface area contributed by atoms with Crippen LogP contribution < -0.4 is 0 Å². The molecule has 0 fully saturated rings. The molecule has 0 rings (SSSR count). The molecule has 0 amide bonds. The first-order valence-corrected chi connectivity index (χ1v) is 8.47. The molecular weight excluding hydrogens is 367 g/mol. The van der Waals surface area contributed by atoms with E-state index in [0.717, 1.165) is 0 Å². The van der Waals surface area contributed by atoms with E-state index in [1.165, 1.54) is 0 Å². The van der Waals surface area contributed by atoms with Crippen LogP contribution in [0.15, 0.2) is 0 Å². The summed E-state index contributed by atoms with van der Waals surface area (Å²) in [6.07, 6.45) is 0. The Morgan fingerprint density at radius 3 is 1.60 bits per heavy atom. The summed E-state index contributed by atoms with van der Waals surface area (Å²) < 4.78 is 0. The van der Waals surface area contributed by atoms with E-state index in [4.69, 9.17) is 0 Å². The van der Waals surface area contributed by atoms with Gasteiger partial charge in [0.15, 0.2) is 0 Å². The maximum Gasteiger partial charge on any atom is 0 e. The second-order valence-corrected chi connectivity index (χ2v) is 7.84. The van der Waals surface area contributed by atoms with Crippen LogP contribution in [0.5, 0.6) is 0 Å². The van der Waals surface area contributed by atoms with E-state index >= 15 is 0 Å². The normalized spacial score (nSPS) is 3.60. The van der Waals surface area contributed by atoms with Gasteiger partial charge in [-0.2, -0.15) is 0 Å². The first kappa shape index (κ1) is 15.9. The molecule has 0 saturated carbocycles. The summed E-state index contributed by atoms with van der Waals surface area (Å²) in [5.41, 5.74) is 0. The van der Waals surface area contributed by atoms with Crippen molar-refractivity contribution in [1.29, 1.82) is 0 Å². The zero-order chi connectivity index (χ0) is 2.71. The van der Waals surface area contributed by atoms with Gasteiger partial charge in [-0.05, 0) is 0 Å². The second-order valence-electron chi connectivity index (χ2n) is 0.0546. The summed E-state index contributed by atoms with van der Waals surface area (Å²) >= 11 is 5.78. The van der Waals surface area contributed by atoms with Crippen molar-refractivity contribution in [2.45, 2.75) is 0 Å². The van der Waals surface area contributed by atoms with Gasteiger partial charge in [-0.15, -0.1) is 0 Å². The van der Waals surface area contributed by atoms with E-state index in [0.29, 0.717) is 9.88 Å². The third kappa shape index (κ3) is 18.3. The second kappa shape index (κ2) is 15.6. The molecule has 0 saturated heterocycles. The summed E-state index contributed by atoms with van der Waals surface area (Å²) in [6.45, 7) is 0. The van der Waals surface area contributed by atoms with Crippen LogP contribution in [0.4, 0.5) is 0 Å². The maximum absolute atomic E-state index is 3.54. The monoisotopic (exact) mass is 369 g/mol. The first-order chi connectivity index (χ1) is 1.41. The van der Waals surface area contributed by atoms with Crippen LogP contribution in [0, 0.1) is 0 Å². The van der Waals surface area contributed by atoms with Gasteiger partial charge in [0.25, 0.3) is 0 Å². The Morgan fingerprint density at radius 2 is 1.60 bits per heavy atom. The van der Waals surface area contributed by atoms with Crippen molar-refractivity contribution in [3.05, 3.63) is 0 Å². The van der Waals surface area contributed by atoms with Gasteiger partial charge in [-0.1, -0.05) is 0 Å². The zero-order valence-electron chi connectivity index (χ0n) is 1.85. The molecule has 0 aromatic heterocycles. The molecule has 0 aliphatic rings. The molecule has 0 atom stereocenters. The Bertz CT molecular complexity index is 11.6. The largest absolute Gasteiger partial charge is 0 e. The van der Waals surface area contributed by atoms with Crippen molar-refractivity contribution in [3.63, 3.8) is 0 Å². The molecule has 5 heavy (non-hydrogen) atoms. The Labute approximate surface area is 99.0 Å².